The standard InChI is InChI=1S/C21H22FN9O/c1-25-15-4-10(22)3-12-16-18(28-17(12)15)29-21(32-11-5-26-20(24)27-6-11)30-19(16)31-7-9-2-14(23)13(9)8-31/h3-6,9,13-14,25H,2,7-8,23H2,1H3,(H2,24,26,27)(H,28,29,30)/t9-,13+,14-/m1/s1. The van der Waals surface area contributed by atoms with Gasteiger partial charge in [0.2, 0.25) is 5.95 Å². The minimum absolute atomic E-state index is 0.141. The molecule has 3 atom stereocenters. The lowest BCUT2D eigenvalue weighted by atomic mass is 9.72. The summed E-state index contributed by atoms with van der Waals surface area (Å²) in [6.07, 6.45) is 3.93. The molecule has 6 rings (SSSR count). The van der Waals surface area contributed by atoms with Crippen LogP contribution in [0.5, 0.6) is 11.8 Å². The lowest BCUT2D eigenvalue weighted by Crippen LogP contribution is -2.46. The molecular weight excluding hydrogens is 413 g/mol. The quantitative estimate of drug-likeness (QED) is 0.379. The highest BCUT2D eigenvalue weighted by Gasteiger charge is 2.46. The molecule has 1 aromatic carbocycles. The number of hydrogen-bond acceptors (Lipinski definition) is 9. The highest BCUT2D eigenvalue weighted by molar-refractivity contribution is 6.14. The van der Waals surface area contributed by atoms with Gasteiger partial charge >= 0.3 is 6.01 Å². The van der Waals surface area contributed by atoms with Crippen LogP contribution in [-0.2, 0) is 0 Å². The molecule has 6 N–H and O–H groups in total. The Balaban J connectivity index is 1.53. The SMILES string of the molecule is CNc1cc(F)cc2c1[nH]c1nc(Oc3cnc(N)nc3)nc(N3C[C@H]4C[C@@H](N)[C@H]4C3)c12. The Morgan fingerprint density at radius 3 is 2.75 bits per heavy atom. The van der Waals surface area contributed by atoms with Gasteiger partial charge in [-0.1, -0.05) is 0 Å². The van der Waals surface area contributed by atoms with E-state index in [9.17, 15) is 4.39 Å². The molecule has 0 radical (unpaired) electrons. The number of rotatable bonds is 4. The molecule has 10 nitrogen and oxygen atoms in total. The number of aromatic amines is 1. The zero-order valence-electron chi connectivity index (χ0n) is 17.3. The van der Waals surface area contributed by atoms with Crippen molar-refractivity contribution in [2.75, 3.05) is 36.1 Å². The monoisotopic (exact) mass is 435 g/mol. The van der Waals surface area contributed by atoms with E-state index >= 15 is 0 Å². The Hall–Kier alpha value is -3.73. The van der Waals surface area contributed by atoms with E-state index in [2.05, 4.69) is 30.2 Å². The molecular formula is C21H22FN9O. The Kier molecular flexibility index (Phi) is 4.09. The fraction of sp³-hybridized carbons (Fsp3) is 0.333. The zero-order chi connectivity index (χ0) is 22.0. The van der Waals surface area contributed by atoms with Crippen LogP contribution in [-0.4, -0.2) is 51.1 Å². The summed E-state index contributed by atoms with van der Waals surface area (Å²) < 4.78 is 20.3. The van der Waals surface area contributed by atoms with E-state index < -0.39 is 0 Å². The van der Waals surface area contributed by atoms with Gasteiger partial charge < -0.3 is 31.4 Å². The van der Waals surface area contributed by atoms with Crippen molar-refractivity contribution in [3.8, 4) is 11.8 Å². The van der Waals surface area contributed by atoms with Crippen molar-refractivity contribution >= 4 is 39.4 Å². The first kappa shape index (κ1) is 19.0. The van der Waals surface area contributed by atoms with Crippen molar-refractivity contribution in [2.45, 2.75) is 12.5 Å². The van der Waals surface area contributed by atoms with Crippen molar-refractivity contribution in [2.24, 2.45) is 17.6 Å². The maximum atomic E-state index is 14.4. The van der Waals surface area contributed by atoms with Crippen molar-refractivity contribution in [1.29, 1.82) is 0 Å². The normalized spacial score (nSPS) is 22.2. The van der Waals surface area contributed by atoms with Crippen LogP contribution in [0.3, 0.4) is 0 Å². The maximum absolute atomic E-state index is 14.4. The van der Waals surface area contributed by atoms with Gasteiger partial charge in [-0.05, 0) is 30.4 Å². The van der Waals surface area contributed by atoms with Crippen molar-refractivity contribution < 1.29 is 9.13 Å². The van der Waals surface area contributed by atoms with Gasteiger partial charge in [0.15, 0.2) is 5.75 Å². The van der Waals surface area contributed by atoms with Crippen molar-refractivity contribution in [3.63, 3.8) is 0 Å². The summed E-state index contributed by atoms with van der Waals surface area (Å²) in [4.78, 5) is 22.7. The van der Waals surface area contributed by atoms with Crippen LogP contribution in [0.2, 0.25) is 0 Å². The van der Waals surface area contributed by atoms with E-state index in [0.717, 1.165) is 30.4 Å². The van der Waals surface area contributed by atoms with Crippen molar-refractivity contribution in [1.82, 2.24) is 24.9 Å². The van der Waals surface area contributed by atoms with Gasteiger partial charge in [0.1, 0.15) is 17.3 Å². The number of halogens is 1. The van der Waals surface area contributed by atoms with Gasteiger partial charge in [0.25, 0.3) is 0 Å². The van der Waals surface area contributed by atoms with Crippen LogP contribution in [0.4, 0.5) is 21.8 Å². The summed E-state index contributed by atoms with van der Waals surface area (Å²) in [5.41, 5.74) is 13.7. The molecule has 1 aliphatic carbocycles. The molecule has 1 aliphatic heterocycles. The first-order valence-electron chi connectivity index (χ1n) is 10.5. The Bertz CT molecular complexity index is 1340. The third-order valence-corrected chi connectivity index (χ3v) is 6.53. The number of nitrogen functional groups attached to an aromatic ring is 1. The van der Waals surface area contributed by atoms with Crippen LogP contribution in [0, 0.1) is 17.7 Å². The second kappa shape index (κ2) is 6.89. The first-order valence-corrected chi connectivity index (χ1v) is 10.5. The fourth-order valence-corrected chi connectivity index (χ4v) is 4.91. The van der Waals surface area contributed by atoms with E-state index in [1.54, 1.807) is 7.05 Å². The lowest BCUT2D eigenvalue weighted by molar-refractivity contribution is 0.194. The van der Waals surface area contributed by atoms with E-state index in [-0.39, 0.29) is 23.8 Å². The highest BCUT2D eigenvalue weighted by Crippen LogP contribution is 2.44. The van der Waals surface area contributed by atoms with Crippen LogP contribution in [0.25, 0.3) is 21.9 Å². The number of nitrogens with zero attached hydrogens (tertiary/aromatic N) is 5. The molecule has 32 heavy (non-hydrogen) atoms. The number of anilines is 3. The minimum atomic E-state index is -0.337. The number of benzene rings is 1. The molecule has 4 heterocycles. The number of nitrogens with one attached hydrogen (secondary N) is 2. The number of fused-ring (bicyclic) bond motifs is 4. The molecule has 1 saturated heterocycles. The molecule has 2 aliphatic rings. The van der Waals surface area contributed by atoms with E-state index in [1.807, 2.05) is 0 Å². The molecule has 4 aromatic rings. The van der Waals surface area contributed by atoms with Gasteiger partial charge in [0.05, 0.1) is 29.0 Å². The van der Waals surface area contributed by atoms with Gasteiger partial charge in [-0.15, -0.1) is 0 Å². The summed E-state index contributed by atoms with van der Waals surface area (Å²) in [6.45, 7) is 1.64. The predicted molar refractivity (Wildman–Crippen MR) is 119 cm³/mol. The number of H-pyrrole nitrogens is 1. The number of hydrogen-bond donors (Lipinski definition) is 4. The second-order valence-corrected chi connectivity index (χ2v) is 8.41. The first-order chi connectivity index (χ1) is 15.5. The smallest absolute Gasteiger partial charge is 0.326 e. The summed E-state index contributed by atoms with van der Waals surface area (Å²) >= 11 is 0. The van der Waals surface area contributed by atoms with Crippen LogP contribution in [0.1, 0.15) is 6.42 Å². The maximum Gasteiger partial charge on any atom is 0.326 e. The average Bonchev–Trinajstić information content (AvgIpc) is 3.31. The predicted octanol–water partition coefficient (Wildman–Crippen LogP) is 2.24. The highest BCUT2D eigenvalue weighted by atomic mass is 19.1. The molecule has 0 bridgehead atoms. The minimum Gasteiger partial charge on any atom is -0.421 e. The molecule has 2 fully saturated rings. The Morgan fingerprint density at radius 1 is 1.22 bits per heavy atom. The third kappa shape index (κ3) is 2.88. The number of aromatic nitrogens is 5. The molecule has 1 saturated carbocycles. The molecule has 0 unspecified atom stereocenters. The molecule has 11 heteroatoms. The second-order valence-electron chi connectivity index (χ2n) is 8.41. The van der Waals surface area contributed by atoms with Gasteiger partial charge in [0, 0.05) is 31.6 Å². The Labute approximate surface area is 182 Å². The fourth-order valence-electron chi connectivity index (χ4n) is 4.91. The van der Waals surface area contributed by atoms with Gasteiger partial charge in [-0.3, -0.25) is 0 Å². The summed E-state index contributed by atoms with van der Waals surface area (Å²) in [6, 6.07) is 3.30. The lowest BCUT2D eigenvalue weighted by Gasteiger charge is -2.36. The number of ether oxygens (including phenoxy) is 1. The summed E-state index contributed by atoms with van der Waals surface area (Å²) in [7, 11) is 1.75. The van der Waals surface area contributed by atoms with E-state index in [1.165, 1.54) is 24.5 Å². The van der Waals surface area contributed by atoms with Crippen LogP contribution in [0.15, 0.2) is 24.5 Å². The molecule has 0 spiro atoms. The molecule has 3 aromatic heterocycles. The summed E-state index contributed by atoms with van der Waals surface area (Å²) in [5, 5.41) is 4.51. The Morgan fingerprint density at radius 2 is 2.03 bits per heavy atom. The van der Waals surface area contributed by atoms with Crippen LogP contribution >= 0.6 is 0 Å². The largest absolute Gasteiger partial charge is 0.421 e. The number of nitrogens with two attached hydrogens (primary N) is 2. The van der Waals surface area contributed by atoms with Crippen LogP contribution < -0.4 is 26.4 Å². The van der Waals surface area contributed by atoms with E-state index in [0.29, 0.717) is 40.1 Å². The topological polar surface area (TPSA) is 144 Å². The van der Waals surface area contributed by atoms with Crippen molar-refractivity contribution in [3.05, 3.63) is 30.3 Å². The molecule has 0 amide bonds. The van der Waals surface area contributed by atoms with E-state index in [4.69, 9.17) is 21.2 Å². The average molecular weight is 435 g/mol. The van der Waals surface area contributed by atoms with Gasteiger partial charge in [-0.2, -0.15) is 9.97 Å². The zero-order valence-corrected chi connectivity index (χ0v) is 17.3. The van der Waals surface area contributed by atoms with Gasteiger partial charge in [-0.25, -0.2) is 14.4 Å². The summed E-state index contributed by atoms with van der Waals surface area (Å²) in [5.74, 6) is 1.85. The third-order valence-electron chi connectivity index (χ3n) is 6.53. The molecule has 164 valence electrons.